The molecule has 2 aliphatic heterocycles. The first-order valence-electron chi connectivity index (χ1n) is 12.6. The molecule has 0 aliphatic carbocycles. The second-order valence-corrected chi connectivity index (χ2v) is 10.6. The first kappa shape index (κ1) is 26.7. The molecule has 39 heavy (non-hydrogen) atoms. The Morgan fingerprint density at radius 1 is 1.18 bits per heavy atom. The molecule has 12 heteroatoms. The maximum atomic E-state index is 13.1. The van der Waals surface area contributed by atoms with Crippen molar-refractivity contribution in [1.29, 1.82) is 5.41 Å². The quantitative estimate of drug-likeness (QED) is 0.201. The van der Waals surface area contributed by atoms with E-state index in [0.717, 1.165) is 40.8 Å². The van der Waals surface area contributed by atoms with Gasteiger partial charge in [0, 0.05) is 48.6 Å². The maximum absolute atomic E-state index is 13.1. The Labute approximate surface area is 233 Å². The van der Waals surface area contributed by atoms with Gasteiger partial charge in [-0.15, -0.1) is 0 Å². The van der Waals surface area contributed by atoms with Gasteiger partial charge < -0.3 is 26.3 Å². The maximum Gasteiger partial charge on any atom is 0.253 e. The lowest BCUT2D eigenvalue weighted by atomic mass is 10.0. The minimum Gasteiger partial charge on any atom is -0.339 e. The third kappa shape index (κ3) is 6.58. The summed E-state index contributed by atoms with van der Waals surface area (Å²) in [4.78, 5) is 40.4. The summed E-state index contributed by atoms with van der Waals surface area (Å²) in [6, 6.07) is 7.74. The van der Waals surface area contributed by atoms with Gasteiger partial charge in [0.05, 0.1) is 18.1 Å². The zero-order valence-corrected chi connectivity index (χ0v) is 23.0. The minimum absolute atomic E-state index is 0.0770. The number of rotatable bonds is 5. The molecule has 2 unspecified atom stereocenters. The monoisotopic (exact) mass is 562 g/mol. The number of hydrogen-bond donors (Lipinski definition) is 4. The third-order valence-electron chi connectivity index (χ3n) is 6.68. The van der Waals surface area contributed by atoms with Crippen LogP contribution in [0.25, 0.3) is 0 Å². The Kier molecular flexibility index (Phi) is 8.14. The first-order chi connectivity index (χ1) is 18.9. The van der Waals surface area contributed by atoms with Gasteiger partial charge in [-0.3, -0.25) is 14.6 Å². The van der Waals surface area contributed by atoms with Crippen LogP contribution in [0.15, 0.2) is 54.2 Å². The van der Waals surface area contributed by atoms with E-state index in [4.69, 9.17) is 17.0 Å². The fourth-order valence-electron chi connectivity index (χ4n) is 4.74. The highest BCUT2D eigenvalue weighted by molar-refractivity contribution is 7.25. The summed E-state index contributed by atoms with van der Waals surface area (Å²) >= 11 is 6.35. The summed E-state index contributed by atoms with van der Waals surface area (Å²) in [5.41, 5.74) is 4.29. The molecule has 4 N–H and O–H groups in total. The zero-order chi connectivity index (χ0) is 27.4. The Morgan fingerprint density at radius 2 is 2.05 bits per heavy atom. The number of aryl methyl sites for hydroxylation is 2. The van der Waals surface area contributed by atoms with Crippen LogP contribution in [0.5, 0.6) is 0 Å². The van der Waals surface area contributed by atoms with Crippen molar-refractivity contribution < 1.29 is 9.59 Å². The van der Waals surface area contributed by atoms with Crippen molar-refractivity contribution in [3.05, 3.63) is 70.4 Å². The molecule has 2 aromatic heterocycles. The van der Waals surface area contributed by atoms with Crippen molar-refractivity contribution in [2.75, 3.05) is 29.0 Å². The SMILES string of the molecule is N=C/C=C(\P)C(=O)N1CCC(CC(=O)Nc2ccc3cc2CCc2cncc(c2)Nc2ncc(Cl)c(n2)N3)C1. The van der Waals surface area contributed by atoms with E-state index in [9.17, 15) is 9.59 Å². The number of allylic oxidation sites excluding steroid dienone is 1. The summed E-state index contributed by atoms with van der Waals surface area (Å²) in [5.74, 6) is 0.728. The molecule has 4 heterocycles. The van der Waals surface area contributed by atoms with Crippen molar-refractivity contribution in [3.8, 4) is 0 Å². The van der Waals surface area contributed by atoms with E-state index >= 15 is 0 Å². The largest absolute Gasteiger partial charge is 0.339 e. The van der Waals surface area contributed by atoms with Crippen LogP contribution < -0.4 is 16.0 Å². The molecule has 1 fully saturated rings. The topological polar surface area (TPSA) is 136 Å². The van der Waals surface area contributed by atoms with E-state index in [-0.39, 0.29) is 17.7 Å². The number of nitrogens with one attached hydrogen (secondary N) is 4. The van der Waals surface area contributed by atoms with Gasteiger partial charge in [0.25, 0.3) is 5.91 Å². The van der Waals surface area contributed by atoms with E-state index in [2.05, 4.69) is 40.1 Å². The molecule has 1 saturated heterocycles. The summed E-state index contributed by atoms with van der Waals surface area (Å²) in [5, 5.41) is 17.5. The number of carbonyl (C=O) groups excluding carboxylic acids is 2. The van der Waals surface area contributed by atoms with Crippen LogP contribution in [0.2, 0.25) is 5.02 Å². The van der Waals surface area contributed by atoms with Gasteiger partial charge in [0.1, 0.15) is 5.02 Å². The van der Waals surface area contributed by atoms with Crippen LogP contribution in [0.1, 0.15) is 24.0 Å². The molecule has 5 rings (SSSR count). The van der Waals surface area contributed by atoms with Crippen LogP contribution in [0, 0.1) is 11.3 Å². The normalized spacial score (nSPS) is 16.6. The van der Waals surface area contributed by atoms with Gasteiger partial charge in [0.2, 0.25) is 11.9 Å². The number of carbonyl (C=O) groups is 2. The molecule has 1 aromatic carbocycles. The van der Waals surface area contributed by atoms with Gasteiger partial charge in [0.15, 0.2) is 5.82 Å². The predicted molar refractivity (Wildman–Crippen MR) is 156 cm³/mol. The lowest BCUT2D eigenvalue weighted by Crippen LogP contribution is -2.29. The third-order valence-corrected chi connectivity index (χ3v) is 7.39. The van der Waals surface area contributed by atoms with E-state index in [1.165, 1.54) is 12.3 Å². The number of nitrogens with zero attached hydrogens (tertiary/aromatic N) is 4. The number of halogens is 1. The molecule has 0 radical (unpaired) electrons. The van der Waals surface area contributed by atoms with Gasteiger partial charge in [-0.2, -0.15) is 4.98 Å². The lowest BCUT2D eigenvalue weighted by molar-refractivity contribution is -0.125. The van der Waals surface area contributed by atoms with E-state index in [1.807, 2.05) is 30.5 Å². The van der Waals surface area contributed by atoms with E-state index in [0.29, 0.717) is 54.5 Å². The predicted octanol–water partition coefficient (Wildman–Crippen LogP) is 4.70. The summed E-state index contributed by atoms with van der Waals surface area (Å²) in [6.07, 6.45) is 10.1. The molecule has 10 nitrogen and oxygen atoms in total. The van der Waals surface area contributed by atoms with Crippen molar-refractivity contribution in [2.45, 2.75) is 25.7 Å². The van der Waals surface area contributed by atoms with Crippen LogP contribution in [-0.4, -0.2) is 51.0 Å². The van der Waals surface area contributed by atoms with Crippen molar-refractivity contribution in [1.82, 2.24) is 19.9 Å². The summed E-state index contributed by atoms with van der Waals surface area (Å²) in [7, 11) is 2.38. The number of fused-ring (bicyclic) bond motifs is 6. The highest BCUT2D eigenvalue weighted by Gasteiger charge is 2.28. The highest BCUT2D eigenvalue weighted by Crippen LogP contribution is 2.30. The Hall–Kier alpha value is -3.88. The van der Waals surface area contributed by atoms with Gasteiger partial charge in [-0.05, 0) is 66.6 Å². The molecular weight excluding hydrogens is 535 g/mol. The molecule has 2 amide bonds. The number of pyridine rings is 1. The Bertz CT molecular complexity index is 1460. The number of amides is 2. The van der Waals surface area contributed by atoms with Crippen LogP contribution >= 0.6 is 20.8 Å². The Balaban J connectivity index is 1.33. The second kappa shape index (κ2) is 11.9. The summed E-state index contributed by atoms with van der Waals surface area (Å²) in [6.45, 7) is 1.12. The minimum atomic E-state index is -0.120. The van der Waals surface area contributed by atoms with E-state index < -0.39 is 0 Å². The van der Waals surface area contributed by atoms with Crippen LogP contribution in [0.4, 0.5) is 28.8 Å². The number of anilines is 5. The van der Waals surface area contributed by atoms with Crippen molar-refractivity contribution in [3.63, 3.8) is 0 Å². The van der Waals surface area contributed by atoms with Crippen molar-refractivity contribution >= 4 is 67.7 Å². The Morgan fingerprint density at radius 3 is 2.90 bits per heavy atom. The smallest absolute Gasteiger partial charge is 0.253 e. The first-order valence-corrected chi connectivity index (χ1v) is 13.5. The van der Waals surface area contributed by atoms with Gasteiger partial charge in [-0.1, -0.05) is 20.8 Å². The molecule has 200 valence electrons. The molecule has 0 spiro atoms. The average Bonchev–Trinajstić information content (AvgIpc) is 3.38. The van der Waals surface area contributed by atoms with E-state index in [1.54, 1.807) is 11.1 Å². The highest BCUT2D eigenvalue weighted by atomic mass is 35.5. The zero-order valence-electron chi connectivity index (χ0n) is 21.1. The average molecular weight is 563 g/mol. The molecular formula is C27H28ClN8O2P. The number of benzene rings is 1. The fraction of sp³-hybridized carbons (Fsp3) is 0.259. The van der Waals surface area contributed by atoms with Crippen molar-refractivity contribution in [2.24, 2.45) is 5.92 Å². The standard InChI is InChI=1S/C27H28ClN8O2P/c28-21-14-31-27-33-20-9-16(12-30-13-20)1-2-18-11-19(32-25(21)35-27)3-4-22(18)34-24(37)10-17-6-8-36(15-17)26(38)23(39)5-7-29/h3-5,7,9,11-14,17,29H,1-2,6,8,10,15,39H2,(H,34,37)(H2,31,32,33,35)/b23-5-,29-7?. The van der Waals surface area contributed by atoms with Gasteiger partial charge >= 0.3 is 0 Å². The molecule has 6 bridgehead atoms. The van der Waals surface area contributed by atoms with Crippen LogP contribution in [0.3, 0.4) is 0 Å². The molecule has 2 atom stereocenters. The number of likely N-dealkylation sites (tertiary alicyclic amines) is 1. The van der Waals surface area contributed by atoms with Crippen LogP contribution in [-0.2, 0) is 22.4 Å². The van der Waals surface area contributed by atoms with Gasteiger partial charge in [-0.25, -0.2) is 4.98 Å². The second-order valence-electron chi connectivity index (χ2n) is 9.54. The molecule has 3 aromatic rings. The number of hydrogen-bond acceptors (Lipinski definition) is 8. The molecule has 0 saturated carbocycles. The fourth-order valence-corrected chi connectivity index (χ4v) is 5.16. The number of aromatic nitrogens is 3. The lowest BCUT2D eigenvalue weighted by Gasteiger charge is -2.17. The summed E-state index contributed by atoms with van der Waals surface area (Å²) < 4.78 is 0. The molecule has 2 aliphatic rings.